The van der Waals surface area contributed by atoms with Gasteiger partial charge < -0.3 is 15.7 Å². The van der Waals surface area contributed by atoms with Crippen molar-refractivity contribution in [3.8, 4) is 12.3 Å². The van der Waals surface area contributed by atoms with Gasteiger partial charge in [0.1, 0.15) is 0 Å². The van der Waals surface area contributed by atoms with E-state index in [4.69, 9.17) is 11.5 Å². The summed E-state index contributed by atoms with van der Waals surface area (Å²) in [5.74, 6) is 3.01. The minimum absolute atomic E-state index is 0.0719. The van der Waals surface area contributed by atoms with E-state index in [9.17, 15) is 9.59 Å². The first kappa shape index (κ1) is 16.6. The lowest BCUT2D eigenvalue weighted by Gasteiger charge is -2.20. The standard InChI is InChI=1S/C12H20N2O3S/c1-4-6-18-7-5-13-12(17)14-10(9(2)3)8-11(15)16/h1,9-10H,5-8H2,2-3H3,(H,15,16)(H2,13,14,17). The molecule has 0 aromatic rings. The van der Waals surface area contributed by atoms with Gasteiger partial charge in [0, 0.05) is 18.3 Å². The number of carboxylic acid groups (broad SMARTS) is 1. The molecule has 0 saturated heterocycles. The van der Waals surface area contributed by atoms with Crippen molar-refractivity contribution in [1.82, 2.24) is 10.6 Å². The van der Waals surface area contributed by atoms with Crippen LogP contribution in [0.25, 0.3) is 0 Å². The summed E-state index contributed by atoms with van der Waals surface area (Å²) in [5.41, 5.74) is 0. The molecule has 0 rings (SSSR count). The van der Waals surface area contributed by atoms with Crippen molar-refractivity contribution < 1.29 is 14.7 Å². The molecular formula is C12H20N2O3S. The SMILES string of the molecule is C#CCSCCNC(=O)NC(CC(=O)O)C(C)C. The van der Waals surface area contributed by atoms with Gasteiger partial charge in [0.15, 0.2) is 0 Å². The summed E-state index contributed by atoms with van der Waals surface area (Å²) in [6.07, 6.45) is 5.02. The number of thioether (sulfide) groups is 1. The fourth-order valence-corrected chi connectivity index (χ4v) is 1.74. The lowest BCUT2D eigenvalue weighted by molar-refractivity contribution is -0.137. The molecule has 0 aromatic heterocycles. The largest absolute Gasteiger partial charge is 0.481 e. The van der Waals surface area contributed by atoms with Crippen LogP contribution in [0.1, 0.15) is 20.3 Å². The molecule has 1 unspecified atom stereocenters. The van der Waals surface area contributed by atoms with E-state index in [2.05, 4.69) is 16.6 Å². The van der Waals surface area contributed by atoms with E-state index in [1.165, 1.54) is 0 Å². The highest BCUT2D eigenvalue weighted by atomic mass is 32.2. The van der Waals surface area contributed by atoms with E-state index >= 15 is 0 Å². The highest BCUT2D eigenvalue weighted by Gasteiger charge is 2.18. The molecule has 0 spiro atoms. The number of nitrogens with one attached hydrogen (secondary N) is 2. The highest BCUT2D eigenvalue weighted by molar-refractivity contribution is 7.99. The Balaban J connectivity index is 3.89. The average Bonchev–Trinajstić information content (AvgIpc) is 2.27. The zero-order chi connectivity index (χ0) is 14.0. The van der Waals surface area contributed by atoms with Crippen LogP contribution in [0, 0.1) is 18.3 Å². The third-order valence-electron chi connectivity index (χ3n) is 2.23. The van der Waals surface area contributed by atoms with Crippen LogP contribution in [-0.4, -0.2) is 41.2 Å². The van der Waals surface area contributed by atoms with Crippen molar-refractivity contribution >= 4 is 23.8 Å². The van der Waals surface area contributed by atoms with Crippen LogP contribution in [0.15, 0.2) is 0 Å². The minimum Gasteiger partial charge on any atom is -0.481 e. The third kappa shape index (κ3) is 8.76. The number of rotatable bonds is 8. The predicted octanol–water partition coefficient (Wildman–Crippen LogP) is 1.15. The van der Waals surface area contributed by atoms with Gasteiger partial charge in [-0.15, -0.1) is 18.2 Å². The summed E-state index contributed by atoms with van der Waals surface area (Å²) in [7, 11) is 0. The van der Waals surface area contributed by atoms with Gasteiger partial charge in [-0.25, -0.2) is 4.79 Å². The molecule has 3 N–H and O–H groups in total. The molecule has 0 aliphatic carbocycles. The van der Waals surface area contributed by atoms with Crippen LogP contribution in [0.5, 0.6) is 0 Å². The van der Waals surface area contributed by atoms with E-state index in [1.807, 2.05) is 13.8 Å². The molecule has 0 aliphatic rings. The van der Waals surface area contributed by atoms with Crippen LogP contribution in [0.4, 0.5) is 4.79 Å². The molecule has 0 heterocycles. The van der Waals surface area contributed by atoms with Gasteiger partial charge in [-0.3, -0.25) is 4.79 Å². The first-order valence-electron chi connectivity index (χ1n) is 5.74. The Labute approximate surface area is 112 Å². The maximum atomic E-state index is 11.5. The predicted molar refractivity (Wildman–Crippen MR) is 73.6 cm³/mol. The van der Waals surface area contributed by atoms with Gasteiger partial charge in [0.2, 0.25) is 0 Å². The number of amides is 2. The molecule has 0 radical (unpaired) electrons. The summed E-state index contributed by atoms with van der Waals surface area (Å²) in [6, 6.07) is -0.697. The molecule has 5 nitrogen and oxygen atoms in total. The van der Waals surface area contributed by atoms with Gasteiger partial charge >= 0.3 is 12.0 Å². The van der Waals surface area contributed by atoms with Crippen LogP contribution in [0.3, 0.4) is 0 Å². The number of hydrogen-bond acceptors (Lipinski definition) is 3. The molecule has 0 bridgehead atoms. The highest BCUT2D eigenvalue weighted by Crippen LogP contribution is 2.05. The summed E-state index contributed by atoms with van der Waals surface area (Å²) in [5, 5.41) is 14.1. The summed E-state index contributed by atoms with van der Waals surface area (Å²) >= 11 is 1.56. The molecule has 0 fully saturated rings. The van der Waals surface area contributed by atoms with Crippen LogP contribution in [-0.2, 0) is 4.79 Å². The quantitative estimate of drug-likeness (QED) is 0.457. The molecule has 0 saturated carbocycles. The van der Waals surface area contributed by atoms with Crippen molar-refractivity contribution in [2.75, 3.05) is 18.1 Å². The van der Waals surface area contributed by atoms with Crippen molar-refractivity contribution in [3.63, 3.8) is 0 Å². The van der Waals surface area contributed by atoms with Crippen molar-refractivity contribution in [1.29, 1.82) is 0 Å². The van der Waals surface area contributed by atoms with Gasteiger partial charge in [-0.2, -0.15) is 0 Å². The first-order valence-corrected chi connectivity index (χ1v) is 6.90. The lowest BCUT2D eigenvalue weighted by Crippen LogP contribution is -2.46. The number of carbonyl (C=O) groups is 2. The van der Waals surface area contributed by atoms with Gasteiger partial charge in [0.05, 0.1) is 12.2 Å². The number of urea groups is 1. The Morgan fingerprint density at radius 3 is 2.61 bits per heavy atom. The Morgan fingerprint density at radius 2 is 2.11 bits per heavy atom. The Kier molecular flexibility index (Phi) is 8.93. The summed E-state index contributed by atoms with van der Waals surface area (Å²) < 4.78 is 0. The van der Waals surface area contributed by atoms with E-state index in [0.717, 1.165) is 5.75 Å². The molecule has 1 atom stereocenters. The molecular weight excluding hydrogens is 252 g/mol. The van der Waals surface area contributed by atoms with Crippen molar-refractivity contribution in [3.05, 3.63) is 0 Å². The normalized spacial score (nSPS) is 11.7. The Morgan fingerprint density at radius 1 is 1.44 bits per heavy atom. The third-order valence-corrected chi connectivity index (χ3v) is 3.10. The number of carboxylic acids is 1. The second-order valence-electron chi connectivity index (χ2n) is 4.11. The molecule has 0 aliphatic heterocycles. The fourth-order valence-electron chi connectivity index (χ4n) is 1.23. The number of carbonyl (C=O) groups excluding carboxylic acids is 1. The topological polar surface area (TPSA) is 78.4 Å². The van der Waals surface area contributed by atoms with E-state index < -0.39 is 5.97 Å². The second-order valence-corrected chi connectivity index (χ2v) is 5.21. The van der Waals surface area contributed by atoms with Crippen LogP contribution < -0.4 is 10.6 Å². The second kappa shape index (κ2) is 9.66. The van der Waals surface area contributed by atoms with Crippen molar-refractivity contribution in [2.24, 2.45) is 5.92 Å². The Bertz CT molecular complexity index is 313. The fraction of sp³-hybridized carbons (Fsp3) is 0.667. The van der Waals surface area contributed by atoms with Gasteiger partial charge in [-0.05, 0) is 5.92 Å². The molecule has 0 aromatic carbocycles. The van der Waals surface area contributed by atoms with Crippen LogP contribution in [0.2, 0.25) is 0 Å². The Hall–Kier alpha value is -1.35. The maximum absolute atomic E-state index is 11.5. The van der Waals surface area contributed by atoms with E-state index in [1.54, 1.807) is 11.8 Å². The summed E-state index contributed by atoms with van der Waals surface area (Å²) in [6.45, 7) is 4.25. The zero-order valence-electron chi connectivity index (χ0n) is 10.7. The molecule has 6 heteroatoms. The molecule has 2 amide bonds. The minimum atomic E-state index is -0.918. The number of terminal acetylenes is 1. The lowest BCUT2D eigenvalue weighted by atomic mass is 10.0. The molecule has 102 valence electrons. The van der Waals surface area contributed by atoms with Gasteiger partial charge in [-0.1, -0.05) is 19.8 Å². The number of aliphatic carboxylic acids is 1. The number of hydrogen-bond donors (Lipinski definition) is 3. The van der Waals surface area contributed by atoms with E-state index in [0.29, 0.717) is 12.3 Å². The zero-order valence-corrected chi connectivity index (χ0v) is 11.5. The smallest absolute Gasteiger partial charge is 0.315 e. The maximum Gasteiger partial charge on any atom is 0.315 e. The molecule has 18 heavy (non-hydrogen) atoms. The summed E-state index contributed by atoms with van der Waals surface area (Å²) in [4.78, 5) is 22.1. The van der Waals surface area contributed by atoms with Crippen LogP contribution >= 0.6 is 11.8 Å². The van der Waals surface area contributed by atoms with Gasteiger partial charge in [0.25, 0.3) is 0 Å². The first-order chi connectivity index (χ1) is 8.47. The van der Waals surface area contributed by atoms with E-state index in [-0.39, 0.29) is 24.4 Å². The monoisotopic (exact) mass is 272 g/mol. The average molecular weight is 272 g/mol. The van der Waals surface area contributed by atoms with Crippen molar-refractivity contribution in [2.45, 2.75) is 26.3 Å².